The Bertz CT molecular complexity index is 678. The number of phenolic OH excluding ortho intramolecular Hbond substituents is 1. The third kappa shape index (κ3) is 5.57. The van der Waals surface area contributed by atoms with Gasteiger partial charge in [0.15, 0.2) is 0 Å². The molecule has 7 nitrogen and oxygen atoms in total. The summed E-state index contributed by atoms with van der Waals surface area (Å²) in [5, 5.41) is 12.4. The average Bonchev–Trinajstić information content (AvgIpc) is 2.55. The number of nitrogens with two attached hydrogens (primary N) is 1. The molecule has 1 aromatic rings. The Hall–Kier alpha value is -1.35. The van der Waals surface area contributed by atoms with E-state index in [-0.39, 0.29) is 34.7 Å². The standard InChI is InChI=1S/C16H27N3O4S.ClH/c1-5-11(4)15(17)16(21)18-13-10-12(8-9-14(13)20)24(22,23)19(6-2)7-3;/h8-11,15,20H,5-7,17H2,1-4H3,(H,18,21);1H. The second kappa shape index (κ2) is 9.96. The Labute approximate surface area is 156 Å². The number of amides is 1. The molecule has 2 unspecified atom stereocenters. The third-order valence-corrected chi connectivity index (χ3v) is 6.17. The summed E-state index contributed by atoms with van der Waals surface area (Å²) >= 11 is 0. The second-order valence-electron chi connectivity index (χ2n) is 5.67. The summed E-state index contributed by atoms with van der Waals surface area (Å²) in [5.74, 6) is -0.704. The van der Waals surface area contributed by atoms with Crippen LogP contribution in [0.4, 0.5) is 5.69 Å². The first-order valence-corrected chi connectivity index (χ1v) is 9.52. The van der Waals surface area contributed by atoms with E-state index < -0.39 is 22.0 Å². The van der Waals surface area contributed by atoms with E-state index in [1.165, 1.54) is 22.5 Å². The predicted octanol–water partition coefficient (Wildman–Crippen LogP) is 2.16. The normalized spacial score (nSPS) is 13.8. The lowest BCUT2D eigenvalue weighted by Crippen LogP contribution is -2.40. The molecule has 0 saturated carbocycles. The molecule has 0 saturated heterocycles. The van der Waals surface area contributed by atoms with Crippen LogP contribution in [-0.4, -0.2) is 42.9 Å². The first-order chi connectivity index (χ1) is 11.2. The quantitative estimate of drug-likeness (QED) is 0.586. The van der Waals surface area contributed by atoms with E-state index in [1.807, 2.05) is 13.8 Å². The molecule has 2 atom stereocenters. The fourth-order valence-electron chi connectivity index (χ4n) is 2.22. The van der Waals surface area contributed by atoms with Crippen molar-refractivity contribution in [2.45, 2.75) is 45.1 Å². The van der Waals surface area contributed by atoms with Gasteiger partial charge < -0.3 is 16.2 Å². The first-order valence-electron chi connectivity index (χ1n) is 8.08. The van der Waals surface area contributed by atoms with Crippen LogP contribution in [0.3, 0.4) is 0 Å². The highest BCUT2D eigenvalue weighted by Gasteiger charge is 2.24. The van der Waals surface area contributed by atoms with Crippen molar-refractivity contribution in [3.63, 3.8) is 0 Å². The van der Waals surface area contributed by atoms with Crippen molar-refractivity contribution in [2.24, 2.45) is 11.7 Å². The van der Waals surface area contributed by atoms with Crippen molar-refractivity contribution >= 4 is 34.0 Å². The molecule has 25 heavy (non-hydrogen) atoms. The van der Waals surface area contributed by atoms with Crippen molar-refractivity contribution in [3.05, 3.63) is 18.2 Å². The zero-order valence-corrected chi connectivity index (χ0v) is 16.7. The molecule has 1 amide bonds. The lowest BCUT2D eigenvalue weighted by atomic mass is 9.99. The molecule has 0 fully saturated rings. The van der Waals surface area contributed by atoms with Gasteiger partial charge in [-0.15, -0.1) is 12.4 Å². The highest BCUT2D eigenvalue weighted by molar-refractivity contribution is 7.89. The van der Waals surface area contributed by atoms with E-state index in [1.54, 1.807) is 13.8 Å². The maximum absolute atomic E-state index is 12.5. The molecule has 0 aliphatic carbocycles. The minimum atomic E-state index is -3.68. The molecule has 0 radical (unpaired) electrons. The number of benzene rings is 1. The number of carbonyl (C=O) groups excluding carboxylic acids is 1. The molecule has 0 heterocycles. The minimum Gasteiger partial charge on any atom is -0.506 e. The zero-order chi connectivity index (χ0) is 18.5. The van der Waals surface area contributed by atoms with Crippen molar-refractivity contribution < 1.29 is 18.3 Å². The summed E-state index contributed by atoms with van der Waals surface area (Å²) in [5.41, 5.74) is 5.90. The van der Waals surface area contributed by atoms with Gasteiger partial charge in [0.1, 0.15) is 5.75 Å². The number of hydrogen-bond donors (Lipinski definition) is 3. The fourth-order valence-corrected chi connectivity index (χ4v) is 3.70. The molecule has 1 rings (SSSR count). The minimum absolute atomic E-state index is 0. The summed E-state index contributed by atoms with van der Waals surface area (Å²) in [6, 6.07) is 3.08. The van der Waals surface area contributed by atoms with Gasteiger partial charge in [-0.05, 0) is 24.1 Å². The highest BCUT2D eigenvalue weighted by Crippen LogP contribution is 2.28. The molecule has 144 valence electrons. The lowest BCUT2D eigenvalue weighted by molar-refractivity contribution is -0.118. The van der Waals surface area contributed by atoms with Gasteiger partial charge in [-0.2, -0.15) is 4.31 Å². The van der Waals surface area contributed by atoms with E-state index >= 15 is 0 Å². The molecule has 0 aliphatic heterocycles. The lowest BCUT2D eigenvalue weighted by Gasteiger charge is -2.20. The Balaban J connectivity index is 0.00000576. The van der Waals surface area contributed by atoms with E-state index in [9.17, 15) is 18.3 Å². The van der Waals surface area contributed by atoms with E-state index in [4.69, 9.17) is 5.73 Å². The Kier molecular flexibility index (Phi) is 9.42. The maximum atomic E-state index is 12.5. The molecule has 0 aromatic heterocycles. The van der Waals surface area contributed by atoms with Gasteiger partial charge in [-0.1, -0.05) is 34.1 Å². The van der Waals surface area contributed by atoms with Crippen molar-refractivity contribution in [2.75, 3.05) is 18.4 Å². The molecular weight excluding hydrogens is 366 g/mol. The number of sulfonamides is 1. The number of carbonyl (C=O) groups is 1. The van der Waals surface area contributed by atoms with Gasteiger partial charge in [-0.3, -0.25) is 4.79 Å². The topological polar surface area (TPSA) is 113 Å². The number of nitrogens with one attached hydrogen (secondary N) is 1. The van der Waals surface area contributed by atoms with E-state index in [0.29, 0.717) is 13.1 Å². The average molecular weight is 394 g/mol. The zero-order valence-electron chi connectivity index (χ0n) is 15.0. The number of halogens is 1. The van der Waals surface area contributed by atoms with Gasteiger partial charge in [0.05, 0.1) is 16.6 Å². The smallest absolute Gasteiger partial charge is 0.243 e. The van der Waals surface area contributed by atoms with Crippen molar-refractivity contribution in [1.29, 1.82) is 0 Å². The van der Waals surface area contributed by atoms with E-state index in [0.717, 1.165) is 6.42 Å². The number of rotatable bonds is 8. The second-order valence-corrected chi connectivity index (χ2v) is 7.61. The molecule has 0 bridgehead atoms. The molecule has 1 aromatic carbocycles. The molecule has 4 N–H and O–H groups in total. The van der Waals surface area contributed by atoms with Crippen molar-refractivity contribution in [3.8, 4) is 5.75 Å². The van der Waals surface area contributed by atoms with Crippen LogP contribution in [0.2, 0.25) is 0 Å². The van der Waals surface area contributed by atoms with Crippen molar-refractivity contribution in [1.82, 2.24) is 4.31 Å². The van der Waals surface area contributed by atoms with Gasteiger partial charge in [0, 0.05) is 13.1 Å². The Morgan fingerprint density at radius 1 is 1.28 bits per heavy atom. The molecular formula is C16H28ClN3O4S. The largest absolute Gasteiger partial charge is 0.506 e. The molecule has 0 aliphatic rings. The van der Waals surface area contributed by atoms with Gasteiger partial charge in [0.25, 0.3) is 0 Å². The maximum Gasteiger partial charge on any atom is 0.243 e. The predicted molar refractivity (Wildman–Crippen MR) is 102 cm³/mol. The summed E-state index contributed by atoms with van der Waals surface area (Å²) in [6.07, 6.45) is 0.733. The fraction of sp³-hybridized carbons (Fsp3) is 0.562. The monoisotopic (exact) mass is 393 g/mol. The Morgan fingerprint density at radius 2 is 1.84 bits per heavy atom. The summed E-state index contributed by atoms with van der Waals surface area (Å²) in [6.45, 7) is 7.93. The summed E-state index contributed by atoms with van der Waals surface area (Å²) < 4.78 is 26.4. The van der Waals surface area contributed by atoms with Crippen LogP contribution in [0.5, 0.6) is 5.75 Å². The number of hydrogen-bond acceptors (Lipinski definition) is 5. The summed E-state index contributed by atoms with van der Waals surface area (Å²) in [4.78, 5) is 12.2. The number of anilines is 1. The molecule has 9 heteroatoms. The van der Waals surface area contributed by atoms with Crippen LogP contribution in [0.1, 0.15) is 34.1 Å². The number of nitrogens with zero attached hydrogens (tertiary/aromatic N) is 1. The molecule has 0 spiro atoms. The van der Waals surface area contributed by atoms with Crippen LogP contribution in [-0.2, 0) is 14.8 Å². The van der Waals surface area contributed by atoms with Crippen LogP contribution in [0.15, 0.2) is 23.1 Å². The number of aromatic hydroxyl groups is 1. The van der Waals surface area contributed by atoms with Gasteiger partial charge in [0.2, 0.25) is 15.9 Å². The van der Waals surface area contributed by atoms with Crippen LogP contribution in [0.25, 0.3) is 0 Å². The van der Waals surface area contributed by atoms with Gasteiger partial charge in [-0.25, -0.2) is 8.42 Å². The highest BCUT2D eigenvalue weighted by atomic mass is 35.5. The van der Waals surface area contributed by atoms with Crippen LogP contribution < -0.4 is 11.1 Å². The van der Waals surface area contributed by atoms with E-state index in [2.05, 4.69) is 5.32 Å². The third-order valence-electron chi connectivity index (χ3n) is 4.13. The van der Waals surface area contributed by atoms with Crippen LogP contribution >= 0.6 is 12.4 Å². The Morgan fingerprint density at radius 3 is 2.32 bits per heavy atom. The summed E-state index contributed by atoms with van der Waals surface area (Å²) in [7, 11) is -3.68. The van der Waals surface area contributed by atoms with Crippen LogP contribution in [0, 0.1) is 5.92 Å². The SMILES string of the molecule is CCC(C)C(N)C(=O)Nc1cc(S(=O)(=O)N(CC)CC)ccc1O.Cl. The number of phenols is 1. The van der Waals surface area contributed by atoms with Gasteiger partial charge >= 0.3 is 0 Å². The first kappa shape index (κ1) is 23.6.